The highest BCUT2D eigenvalue weighted by molar-refractivity contribution is 6.01. The van der Waals surface area contributed by atoms with E-state index in [9.17, 15) is 9.59 Å². The summed E-state index contributed by atoms with van der Waals surface area (Å²) in [5, 5.41) is 9.87. The van der Waals surface area contributed by atoms with Crippen molar-refractivity contribution in [3.8, 4) is 22.9 Å². The molecule has 3 aromatic rings. The Balaban J connectivity index is 1.36. The highest BCUT2D eigenvalue weighted by atomic mass is 16.5. The van der Waals surface area contributed by atoms with Crippen molar-refractivity contribution in [1.82, 2.24) is 20.5 Å². The van der Waals surface area contributed by atoms with Gasteiger partial charge in [0, 0.05) is 18.5 Å². The number of carbonyl (C=O) groups excluding carboxylic acids is 2. The minimum Gasteiger partial charge on any atom is -0.497 e. The average Bonchev–Trinajstić information content (AvgIpc) is 3.44. The van der Waals surface area contributed by atoms with Crippen molar-refractivity contribution >= 4 is 17.5 Å². The number of nitrogens with one attached hydrogen (secondary N) is 2. The van der Waals surface area contributed by atoms with Gasteiger partial charge in [-0.05, 0) is 36.4 Å². The lowest BCUT2D eigenvalue weighted by Crippen LogP contribution is -2.33. The first-order valence-corrected chi connectivity index (χ1v) is 9.86. The van der Waals surface area contributed by atoms with Gasteiger partial charge in [0.05, 0.1) is 32.4 Å². The third kappa shape index (κ3) is 4.35. The maximum absolute atomic E-state index is 12.6. The molecule has 1 unspecified atom stereocenters. The number of amides is 2. The summed E-state index contributed by atoms with van der Waals surface area (Å²) < 4.78 is 10.5. The molecule has 2 N–H and O–H groups in total. The van der Waals surface area contributed by atoms with E-state index in [0.29, 0.717) is 29.6 Å². The lowest BCUT2D eigenvalue weighted by atomic mass is 10.1. The van der Waals surface area contributed by atoms with Crippen LogP contribution < -0.4 is 19.7 Å². The molecule has 1 aromatic heterocycles. The van der Waals surface area contributed by atoms with E-state index in [1.54, 1.807) is 25.2 Å². The smallest absolute Gasteiger partial charge is 0.227 e. The molecule has 0 aliphatic carbocycles. The van der Waals surface area contributed by atoms with Gasteiger partial charge >= 0.3 is 0 Å². The highest BCUT2D eigenvalue weighted by Crippen LogP contribution is 2.32. The Morgan fingerprint density at radius 3 is 2.68 bits per heavy atom. The van der Waals surface area contributed by atoms with Gasteiger partial charge in [0.1, 0.15) is 17.3 Å². The Hall–Kier alpha value is -3.88. The molecule has 4 rings (SSSR count). The highest BCUT2D eigenvalue weighted by Gasteiger charge is 2.36. The molecular formula is C22H23N5O4. The Morgan fingerprint density at radius 1 is 1.16 bits per heavy atom. The normalized spacial score (nSPS) is 15.7. The van der Waals surface area contributed by atoms with E-state index in [1.165, 1.54) is 0 Å². The van der Waals surface area contributed by atoms with Gasteiger partial charge < -0.3 is 19.7 Å². The van der Waals surface area contributed by atoms with E-state index in [4.69, 9.17) is 9.47 Å². The van der Waals surface area contributed by atoms with Gasteiger partial charge in [0.2, 0.25) is 11.8 Å². The zero-order chi connectivity index (χ0) is 21.8. The zero-order valence-corrected chi connectivity index (χ0v) is 17.3. The maximum atomic E-state index is 12.6. The summed E-state index contributed by atoms with van der Waals surface area (Å²) in [5.41, 5.74) is 1.51. The summed E-state index contributed by atoms with van der Waals surface area (Å²) in [7, 11) is 3.16. The lowest BCUT2D eigenvalue weighted by Gasteiger charge is -2.19. The minimum absolute atomic E-state index is 0.105. The van der Waals surface area contributed by atoms with Gasteiger partial charge in [-0.25, -0.2) is 4.98 Å². The first kappa shape index (κ1) is 20.4. The number of methoxy groups -OCH3 is 2. The molecule has 0 saturated carbocycles. The number of hydrogen-bond donors (Lipinski definition) is 2. The number of anilines is 1. The van der Waals surface area contributed by atoms with E-state index in [1.807, 2.05) is 42.5 Å². The summed E-state index contributed by atoms with van der Waals surface area (Å²) in [6.45, 7) is 0.500. The van der Waals surface area contributed by atoms with Crippen LogP contribution in [-0.2, 0) is 16.1 Å². The maximum Gasteiger partial charge on any atom is 0.227 e. The molecule has 160 valence electrons. The van der Waals surface area contributed by atoms with Crippen molar-refractivity contribution < 1.29 is 19.1 Å². The topological polar surface area (TPSA) is 109 Å². The fourth-order valence-electron chi connectivity index (χ4n) is 3.53. The van der Waals surface area contributed by atoms with Crippen LogP contribution in [0.15, 0.2) is 48.5 Å². The van der Waals surface area contributed by atoms with Gasteiger partial charge in [-0.15, -0.1) is 0 Å². The van der Waals surface area contributed by atoms with E-state index >= 15 is 0 Å². The van der Waals surface area contributed by atoms with Gasteiger partial charge in [-0.3, -0.25) is 14.7 Å². The summed E-state index contributed by atoms with van der Waals surface area (Å²) in [6, 6.07) is 14.7. The standard InChI is InChI=1S/C22H23N5O4/c1-30-16-9-7-14(8-10-16)21-24-19(25-26-21)12-23-22(29)15-11-20(28)27(13-15)17-5-3-4-6-18(17)31-2/h3-10,15H,11-13H2,1-2H3,(H,23,29)(H,24,25,26). The number of para-hydroxylation sites is 2. The molecule has 2 aromatic carbocycles. The minimum atomic E-state index is -0.443. The predicted octanol–water partition coefficient (Wildman–Crippen LogP) is 2.16. The third-order valence-corrected chi connectivity index (χ3v) is 5.18. The molecule has 0 spiro atoms. The van der Waals surface area contributed by atoms with E-state index in [0.717, 1.165) is 11.3 Å². The van der Waals surface area contributed by atoms with Crippen LogP contribution in [-0.4, -0.2) is 47.8 Å². The van der Waals surface area contributed by atoms with Crippen LogP contribution >= 0.6 is 0 Å². The molecule has 2 amide bonds. The molecule has 9 heteroatoms. The monoisotopic (exact) mass is 421 g/mol. The second-order valence-electron chi connectivity index (χ2n) is 7.13. The number of nitrogens with zero attached hydrogens (tertiary/aromatic N) is 3. The Bertz CT molecular complexity index is 1080. The van der Waals surface area contributed by atoms with Crippen LogP contribution in [0.25, 0.3) is 11.4 Å². The van der Waals surface area contributed by atoms with Crippen molar-refractivity contribution in [2.75, 3.05) is 25.7 Å². The molecule has 2 heterocycles. The second kappa shape index (κ2) is 8.86. The SMILES string of the molecule is COc1ccc(-c2n[nH]c(CNC(=O)C3CC(=O)N(c4ccccc4OC)C3)n2)cc1. The number of carbonyl (C=O) groups is 2. The van der Waals surface area contributed by atoms with Crippen LogP contribution in [0.4, 0.5) is 5.69 Å². The van der Waals surface area contributed by atoms with Gasteiger partial charge in [0.15, 0.2) is 5.82 Å². The van der Waals surface area contributed by atoms with Gasteiger partial charge in [-0.2, -0.15) is 5.10 Å². The van der Waals surface area contributed by atoms with E-state index in [-0.39, 0.29) is 24.8 Å². The lowest BCUT2D eigenvalue weighted by molar-refractivity contribution is -0.126. The summed E-state index contributed by atoms with van der Waals surface area (Å²) in [6.07, 6.45) is 0.150. The Labute approximate surface area is 179 Å². The number of ether oxygens (including phenoxy) is 2. The number of aromatic nitrogens is 3. The quantitative estimate of drug-likeness (QED) is 0.605. The largest absolute Gasteiger partial charge is 0.497 e. The fraction of sp³-hybridized carbons (Fsp3) is 0.273. The first-order valence-electron chi connectivity index (χ1n) is 9.86. The molecular weight excluding hydrogens is 398 g/mol. The van der Waals surface area contributed by atoms with Crippen molar-refractivity contribution in [3.63, 3.8) is 0 Å². The number of rotatable bonds is 7. The number of H-pyrrole nitrogens is 1. The Kier molecular flexibility index (Phi) is 5.83. The molecule has 1 atom stereocenters. The second-order valence-corrected chi connectivity index (χ2v) is 7.13. The molecule has 31 heavy (non-hydrogen) atoms. The van der Waals surface area contributed by atoms with E-state index in [2.05, 4.69) is 20.5 Å². The first-order chi connectivity index (χ1) is 15.1. The molecule has 1 fully saturated rings. The van der Waals surface area contributed by atoms with Crippen LogP contribution in [0, 0.1) is 5.92 Å². The number of aromatic amines is 1. The molecule has 1 saturated heterocycles. The van der Waals surface area contributed by atoms with Crippen LogP contribution in [0.3, 0.4) is 0 Å². The molecule has 1 aliphatic heterocycles. The average molecular weight is 421 g/mol. The van der Waals surface area contributed by atoms with E-state index < -0.39 is 5.92 Å². The van der Waals surface area contributed by atoms with Crippen molar-refractivity contribution in [3.05, 3.63) is 54.4 Å². The zero-order valence-electron chi connectivity index (χ0n) is 17.3. The fourth-order valence-corrected chi connectivity index (χ4v) is 3.53. The summed E-state index contributed by atoms with van der Waals surface area (Å²) in [5.74, 6) is 1.67. The van der Waals surface area contributed by atoms with Gasteiger partial charge in [0.25, 0.3) is 0 Å². The van der Waals surface area contributed by atoms with Gasteiger partial charge in [-0.1, -0.05) is 12.1 Å². The Morgan fingerprint density at radius 2 is 1.94 bits per heavy atom. The summed E-state index contributed by atoms with van der Waals surface area (Å²) >= 11 is 0. The van der Waals surface area contributed by atoms with Crippen molar-refractivity contribution in [2.24, 2.45) is 5.92 Å². The molecule has 0 bridgehead atoms. The third-order valence-electron chi connectivity index (χ3n) is 5.18. The van der Waals surface area contributed by atoms with Crippen LogP contribution in [0.2, 0.25) is 0 Å². The van der Waals surface area contributed by atoms with Crippen molar-refractivity contribution in [2.45, 2.75) is 13.0 Å². The predicted molar refractivity (Wildman–Crippen MR) is 114 cm³/mol. The van der Waals surface area contributed by atoms with Crippen LogP contribution in [0.1, 0.15) is 12.2 Å². The molecule has 1 aliphatic rings. The molecule has 0 radical (unpaired) electrons. The van der Waals surface area contributed by atoms with Crippen LogP contribution in [0.5, 0.6) is 11.5 Å². The molecule has 9 nitrogen and oxygen atoms in total. The van der Waals surface area contributed by atoms with Crippen molar-refractivity contribution in [1.29, 1.82) is 0 Å². The number of hydrogen-bond acceptors (Lipinski definition) is 6. The summed E-state index contributed by atoms with van der Waals surface area (Å²) in [4.78, 5) is 31.2. The number of benzene rings is 2.